The molecular weight excluding hydrogens is 312 g/mol. The molecule has 25 heavy (non-hydrogen) atoms. The summed E-state index contributed by atoms with van der Waals surface area (Å²) in [5, 5.41) is 3.48. The summed E-state index contributed by atoms with van der Waals surface area (Å²) in [4.78, 5) is 9.23. The first-order valence-corrected chi connectivity index (χ1v) is 8.06. The molecule has 4 aromatic rings. The van der Waals surface area contributed by atoms with Gasteiger partial charge in [0.25, 0.3) is 0 Å². The van der Waals surface area contributed by atoms with Crippen LogP contribution in [0.1, 0.15) is 5.56 Å². The Balaban J connectivity index is 1.89. The highest BCUT2D eigenvalue weighted by Gasteiger charge is 2.15. The lowest BCUT2D eigenvalue weighted by Gasteiger charge is -2.10. The molecule has 0 aliphatic heterocycles. The third kappa shape index (κ3) is 2.92. The van der Waals surface area contributed by atoms with E-state index in [-0.39, 0.29) is 0 Å². The molecule has 0 aliphatic rings. The summed E-state index contributed by atoms with van der Waals surface area (Å²) in [5.41, 5.74) is 4.60. The van der Waals surface area contributed by atoms with Crippen molar-refractivity contribution < 1.29 is 4.74 Å². The zero-order valence-corrected chi connectivity index (χ0v) is 14.1. The molecule has 0 amide bonds. The summed E-state index contributed by atoms with van der Waals surface area (Å²) in [6.07, 6.45) is 3.84. The maximum Gasteiger partial charge on any atom is 0.144 e. The Hall–Kier alpha value is -3.34. The number of pyridine rings is 2. The number of fused-ring (bicyclic) bond motifs is 1. The second kappa shape index (κ2) is 6.28. The van der Waals surface area contributed by atoms with Crippen LogP contribution in [0.5, 0.6) is 5.75 Å². The van der Waals surface area contributed by atoms with E-state index in [9.17, 15) is 0 Å². The van der Waals surface area contributed by atoms with E-state index in [1.54, 1.807) is 13.3 Å². The number of aryl methyl sites for hydroxylation is 1. The van der Waals surface area contributed by atoms with Crippen LogP contribution >= 0.6 is 0 Å². The fourth-order valence-electron chi connectivity index (χ4n) is 2.79. The fourth-order valence-corrected chi connectivity index (χ4v) is 2.79. The van der Waals surface area contributed by atoms with Crippen molar-refractivity contribution in [1.29, 1.82) is 0 Å². The van der Waals surface area contributed by atoms with E-state index in [2.05, 4.69) is 33.9 Å². The van der Waals surface area contributed by atoms with Crippen LogP contribution in [0.25, 0.3) is 17.0 Å². The van der Waals surface area contributed by atoms with Gasteiger partial charge in [0.15, 0.2) is 0 Å². The number of imidazole rings is 1. The molecule has 0 atom stereocenters. The van der Waals surface area contributed by atoms with Crippen molar-refractivity contribution in [3.8, 4) is 17.1 Å². The molecule has 5 heteroatoms. The first-order chi connectivity index (χ1) is 12.2. The maximum atomic E-state index is 5.32. The lowest BCUT2D eigenvalue weighted by atomic mass is 10.2. The molecule has 0 unspecified atom stereocenters. The molecular formula is C20H18N4O. The van der Waals surface area contributed by atoms with Crippen LogP contribution in [-0.4, -0.2) is 21.5 Å². The van der Waals surface area contributed by atoms with Gasteiger partial charge in [-0.15, -0.1) is 0 Å². The van der Waals surface area contributed by atoms with E-state index in [4.69, 9.17) is 9.72 Å². The zero-order valence-electron chi connectivity index (χ0n) is 14.1. The number of hydrogen-bond donors (Lipinski definition) is 1. The number of aromatic nitrogens is 3. The van der Waals surface area contributed by atoms with Crippen LogP contribution in [0.15, 0.2) is 67.0 Å². The summed E-state index contributed by atoms with van der Waals surface area (Å²) in [5.74, 6) is 1.68. The van der Waals surface area contributed by atoms with Gasteiger partial charge in [0.05, 0.1) is 12.8 Å². The van der Waals surface area contributed by atoms with E-state index in [0.29, 0.717) is 0 Å². The highest BCUT2D eigenvalue weighted by atomic mass is 16.5. The summed E-state index contributed by atoms with van der Waals surface area (Å²) >= 11 is 0. The van der Waals surface area contributed by atoms with E-state index in [1.807, 2.05) is 48.5 Å². The van der Waals surface area contributed by atoms with E-state index < -0.39 is 0 Å². The van der Waals surface area contributed by atoms with Gasteiger partial charge in [0.1, 0.15) is 22.9 Å². The summed E-state index contributed by atoms with van der Waals surface area (Å²) < 4.78 is 7.38. The first kappa shape index (κ1) is 15.2. The Labute approximate surface area is 145 Å². The largest absolute Gasteiger partial charge is 0.497 e. The topological polar surface area (TPSA) is 51.5 Å². The molecule has 0 spiro atoms. The third-order valence-electron chi connectivity index (χ3n) is 4.01. The standard InChI is InChI=1S/C20H18N4O/c1-14-9-10-18-23-19(17-8-3-4-11-21-17)20(24(18)13-14)22-15-6-5-7-16(12-15)25-2/h3-13,22H,1-2H3. The molecule has 1 N–H and O–H groups in total. The van der Waals surface area contributed by atoms with Crippen molar-refractivity contribution in [2.24, 2.45) is 0 Å². The predicted molar refractivity (Wildman–Crippen MR) is 99.4 cm³/mol. The average Bonchev–Trinajstić information content (AvgIpc) is 3.00. The second-order valence-electron chi connectivity index (χ2n) is 5.82. The quantitative estimate of drug-likeness (QED) is 0.600. The minimum absolute atomic E-state index is 0.800. The van der Waals surface area contributed by atoms with Gasteiger partial charge in [-0.3, -0.25) is 9.38 Å². The number of hydrogen-bond acceptors (Lipinski definition) is 4. The summed E-state index contributed by atoms with van der Waals surface area (Å²) in [6.45, 7) is 2.06. The van der Waals surface area contributed by atoms with E-state index >= 15 is 0 Å². The van der Waals surface area contributed by atoms with Gasteiger partial charge in [-0.1, -0.05) is 18.2 Å². The van der Waals surface area contributed by atoms with Crippen LogP contribution < -0.4 is 10.1 Å². The lowest BCUT2D eigenvalue weighted by Crippen LogP contribution is -1.98. The number of nitrogens with one attached hydrogen (secondary N) is 1. The van der Waals surface area contributed by atoms with Crippen LogP contribution in [0.3, 0.4) is 0 Å². The fraction of sp³-hybridized carbons (Fsp3) is 0.100. The highest BCUT2D eigenvalue weighted by Crippen LogP contribution is 2.31. The first-order valence-electron chi connectivity index (χ1n) is 8.06. The number of anilines is 2. The number of nitrogens with zero attached hydrogens (tertiary/aromatic N) is 3. The molecule has 4 rings (SSSR count). The zero-order chi connectivity index (χ0) is 17.2. The number of methoxy groups -OCH3 is 1. The van der Waals surface area contributed by atoms with Crippen LogP contribution in [0.2, 0.25) is 0 Å². The summed E-state index contributed by atoms with van der Waals surface area (Å²) in [7, 11) is 1.66. The van der Waals surface area contributed by atoms with Crippen molar-refractivity contribution in [3.63, 3.8) is 0 Å². The predicted octanol–water partition coefficient (Wildman–Crippen LogP) is 4.46. The molecule has 0 aliphatic carbocycles. The molecule has 1 aromatic carbocycles. The molecule has 3 aromatic heterocycles. The minimum Gasteiger partial charge on any atom is -0.497 e. The van der Waals surface area contributed by atoms with E-state index in [1.165, 1.54) is 0 Å². The molecule has 0 saturated heterocycles. The Morgan fingerprint density at radius 1 is 1.04 bits per heavy atom. The molecule has 0 fully saturated rings. The monoisotopic (exact) mass is 330 g/mol. The number of rotatable bonds is 4. The second-order valence-corrected chi connectivity index (χ2v) is 5.82. The Bertz CT molecular complexity index is 1020. The molecule has 3 heterocycles. The SMILES string of the molecule is COc1cccc(Nc2c(-c3ccccn3)nc3ccc(C)cn23)c1. The maximum absolute atomic E-state index is 5.32. The van der Waals surface area contributed by atoms with Crippen molar-refractivity contribution in [1.82, 2.24) is 14.4 Å². The van der Waals surface area contributed by atoms with Gasteiger partial charge in [-0.25, -0.2) is 4.98 Å². The number of benzene rings is 1. The van der Waals surface area contributed by atoms with Gasteiger partial charge in [-0.05, 0) is 42.8 Å². The Kier molecular flexibility index (Phi) is 3.82. The van der Waals surface area contributed by atoms with Crippen molar-refractivity contribution in [3.05, 3.63) is 72.6 Å². The van der Waals surface area contributed by atoms with Crippen LogP contribution in [0.4, 0.5) is 11.5 Å². The normalized spacial score (nSPS) is 10.8. The molecule has 0 bridgehead atoms. The lowest BCUT2D eigenvalue weighted by molar-refractivity contribution is 0.415. The Morgan fingerprint density at radius 2 is 1.96 bits per heavy atom. The van der Waals surface area contributed by atoms with Gasteiger partial charge in [0.2, 0.25) is 0 Å². The van der Waals surface area contributed by atoms with Gasteiger partial charge >= 0.3 is 0 Å². The van der Waals surface area contributed by atoms with E-state index in [0.717, 1.165) is 39.9 Å². The smallest absolute Gasteiger partial charge is 0.144 e. The minimum atomic E-state index is 0.800. The van der Waals surface area contributed by atoms with Gasteiger partial charge in [-0.2, -0.15) is 0 Å². The summed E-state index contributed by atoms with van der Waals surface area (Å²) in [6, 6.07) is 17.7. The van der Waals surface area contributed by atoms with Crippen molar-refractivity contribution in [2.75, 3.05) is 12.4 Å². The average molecular weight is 330 g/mol. The number of ether oxygens (including phenoxy) is 1. The molecule has 124 valence electrons. The van der Waals surface area contributed by atoms with Crippen molar-refractivity contribution >= 4 is 17.2 Å². The highest BCUT2D eigenvalue weighted by molar-refractivity contribution is 5.78. The van der Waals surface area contributed by atoms with Crippen molar-refractivity contribution in [2.45, 2.75) is 6.92 Å². The Morgan fingerprint density at radius 3 is 2.76 bits per heavy atom. The molecule has 0 radical (unpaired) electrons. The van der Waals surface area contributed by atoms with Gasteiger partial charge < -0.3 is 10.1 Å². The molecule has 0 saturated carbocycles. The van der Waals surface area contributed by atoms with Crippen LogP contribution in [-0.2, 0) is 0 Å². The van der Waals surface area contributed by atoms with Crippen LogP contribution in [0, 0.1) is 6.92 Å². The van der Waals surface area contributed by atoms with Gasteiger partial charge in [0, 0.05) is 24.1 Å². The third-order valence-corrected chi connectivity index (χ3v) is 4.01. The molecule has 5 nitrogen and oxygen atoms in total.